The van der Waals surface area contributed by atoms with Crippen LogP contribution in [0.4, 0.5) is 15.8 Å². The van der Waals surface area contributed by atoms with Gasteiger partial charge in [0.1, 0.15) is 6.17 Å². The van der Waals surface area contributed by atoms with Gasteiger partial charge in [-0.05, 0) is 67.6 Å². The highest BCUT2D eigenvalue weighted by molar-refractivity contribution is 7.92. The summed E-state index contributed by atoms with van der Waals surface area (Å²) in [5, 5.41) is 0. The van der Waals surface area contributed by atoms with Crippen LogP contribution in [0.1, 0.15) is 60.9 Å². The highest BCUT2D eigenvalue weighted by atomic mass is 32.2. The van der Waals surface area contributed by atoms with Crippen LogP contribution in [0.15, 0.2) is 47.4 Å². The van der Waals surface area contributed by atoms with E-state index in [0.717, 1.165) is 49.6 Å². The fraction of sp³-hybridized carbons (Fsp3) is 0.480. The molecule has 0 unspecified atom stereocenters. The van der Waals surface area contributed by atoms with Gasteiger partial charge in [-0.15, -0.1) is 0 Å². The van der Waals surface area contributed by atoms with Gasteiger partial charge in [0.15, 0.2) is 0 Å². The van der Waals surface area contributed by atoms with Crippen LogP contribution in [0, 0.1) is 0 Å². The summed E-state index contributed by atoms with van der Waals surface area (Å²) in [7, 11) is -7.34. The molecule has 0 aromatic heterocycles. The Morgan fingerprint density at radius 2 is 1.75 bits per heavy atom. The normalized spacial score (nSPS) is 23.2. The minimum absolute atomic E-state index is 0.0323. The average molecular weight is 536 g/mol. The van der Waals surface area contributed by atoms with Crippen LogP contribution in [0.3, 0.4) is 0 Å². The van der Waals surface area contributed by atoms with Crippen molar-refractivity contribution in [3.8, 4) is 0 Å². The molecule has 1 heterocycles. The number of hydrogen-bond donors (Lipinski definition) is 2. The Kier molecular flexibility index (Phi) is 6.37. The first kappa shape index (κ1) is 25.2. The van der Waals surface area contributed by atoms with Gasteiger partial charge in [-0.1, -0.05) is 25.3 Å². The standard InChI is InChI=1S/C25H30FN3O5S2/c1-35(31,32)27-19-8-9-23-22(15-19)25(10-3-2-4-11-25)16-29(23)24(30)17-6-5-7-21(12-17)36(33,34)28-20-13-18(26)14-20/h5-9,12,15,18,20,27-28H,2-4,10-11,13-14,16H2,1H3. The molecular formula is C25H30FN3O5S2. The quantitative estimate of drug-likeness (QED) is 0.586. The number of amides is 1. The zero-order chi connectivity index (χ0) is 25.7. The Bertz CT molecular complexity index is 1400. The summed E-state index contributed by atoms with van der Waals surface area (Å²) in [6.45, 7) is 0.457. The maximum absolute atomic E-state index is 13.7. The van der Waals surface area contributed by atoms with E-state index >= 15 is 0 Å². The topological polar surface area (TPSA) is 113 Å². The third kappa shape index (κ3) is 4.88. The maximum atomic E-state index is 13.7. The lowest BCUT2D eigenvalue weighted by atomic mass is 9.70. The van der Waals surface area contributed by atoms with Gasteiger partial charge in [-0.3, -0.25) is 9.52 Å². The first-order chi connectivity index (χ1) is 17.0. The Hall–Kier alpha value is -2.50. The Morgan fingerprint density at radius 1 is 1.03 bits per heavy atom. The van der Waals surface area contributed by atoms with E-state index in [-0.39, 0.29) is 34.6 Å². The van der Waals surface area contributed by atoms with Crippen LogP contribution in [0.25, 0.3) is 0 Å². The summed E-state index contributed by atoms with van der Waals surface area (Å²) >= 11 is 0. The summed E-state index contributed by atoms with van der Waals surface area (Å²) in [5.41, 5.74) is 2.10. The number of hydrogen-bond acceptors (Lipinski definition) is 5. The summed E-state index contributed by atoms with van der Waals surface area (Å²) in [6, 6.07) is 10.7. The number of nitrogens with one attached hydrogen (secondary N) is 2. The van der Waals surface area contributed by atoms with Crippen molar-refractivity contribution in [2.45, 2.75) is 67.5 Å². The van der Waals surface area contributed by atoms with Crippen LogP contribution in [0.5, 0.6) is 0 Å². The molecule has 36 heavy (non-hydrogen) atoms. The smallest absolute Gasteiger partial charge is 0.258 e. The second-order valence-electron chi connectivity index (χ2n) is 10.3. The number of carbonyl (C=O) groups excluding carboxylic acids is 1. The zero-order valence-corrected chi connectivity index (χ0v) is 21.7. The number of alkyl halides is 1. The van der Waals surface area contributed by atoms with Crippen molar-refractivity contribution in [3.05, 3.63) is 53.6 Å². The summed E-state index contributed by atoms with van der Waals surface area (Å²) in [5.74, 6) is -0.313. The van der Waals surface area contributed by atoms with Crippen molar-refractivity contribution in [2.75, 3.05) is 22.4 Å². The molecule has 1 amide bonds. The first-order valence-corrected chi connectivity index (χ1v) is 15.5. The molecule has 2 aromatic rings. The van der Waals surface area contributed by atoms with Crippen LogP contribution in [-0.2, 0) is 25.5 Å². The number of sulfonamides is 2. The first-order valence-electron chi connectivity index (χ1n) is 12.2. The van der Waals surface area contributed by atoms with Crippen LogP contribution in [0.2, 0.25) is 0 Å². The molecule has 1 spiro atoms. The van der Waals surface area contributed by atoms with Crippen LogP contribution < -0.4 is 14.3 Å². The summed E-state index contributed by atoms with van der Waals surface area (Å²) in [6.07, 6.45) is 5.36. The van der Waals surface area contributed by atoms with Gasteiger partial charge >= 0.3 is 0 Å². The lowest BCUT2D eigenvalue weighted by Gasteiger charge is -2.34. The molecule has 2 aromatic carbocycles. The summed E-state index contributed by atoms with van der Waals surface area (Å²) in [4.78, 5) is 15.4. The second kappa shape index (κ2) is 9.11. The van der Waals surface area contributed by atoms with E-state index in [9.17, 15) is 26.0 Å². The largest absolute Gasteiger partial charge is 0.307 e. The molecule has 11 heteroatoms. The van der Waals surface area contributed by atoms with E-state index in [1.54, 1.807) is 23.1 Å². The molecule has 2 saturated carbocycles. The third-order valence-electron chi connectivity index (χ3n) is 7.47. The number of halogens is 1. The van der Waals surface area contributed by atoms with Crippen molar-refractivity contribution in [1.82, 2.24) is 4.72 Å². The van der Waals surface area contributed by atoms with E-state index in [0.29, 0.717) is 12.2 Å². The van der Waals surface area contributed by atoms with E-state index in [1.165, 1.54) is 18.2 Å². The lowest BCUT2D eigenvalue weighted by molar-refractivity contribution is 0.0982. The fourth-order valence-corrected chi connectivity index (χ4v) is 7.53. The zero-order valence-electron chi connectivity index (χ0n) is 20.0. The van der Waals surface area contributed by atoms with Crippen molar-refractivity contribution >= 4 is 37.3 Å². The molecule has 2 aliphatic carbocycles. The average Bonchev–Trinajstić information content (AvgIpc) is 3.10. The fourth-order valence-electron chi connectivity index (χ4n) is 5.67. The van der Waals surface area contributed by atoms with Gasteiger partial charge in [-0.25, -0.2) is 25.9 Å². The van der Waals surface area contributed by atoms with Crippen LogP contribution in [-0.4, -0.2) is 47.8 Å². The molecule has 2 fully saturated rings. The number of nitrogens with zero attached hydrogens (tertiary/aromatic N) is 1. The van der Waals surface area contributed by atoms with E-state index < -0.39 is 32.3 Å². The van der Waals surface area contributed by atoms with Crippen molar-refractivity contribution in [3.63, 3.8) is 0 Å². The van der Waals surface area contributed by atoms with Crippen molar-refractivity contribution < 1.29 is 26.0 Å². The molecule has 0 bridgehead atoms. The molecule has 3 aliphatic rings. The number of benzene rings is 2. The molecule has 0 saturated heterocycles. The molecule has 0 radical (unpaired) electrons. The minimum Gasteiger partial charge on any atom is -0.307 e. The molecule has 2 N–H and O–H groups in total. The minimum atomic E-state index is -3.89. The van der Waals surface area contributed by atoms with E-state index in [2.05, 4.69) is 9.44 Å². The molecule has 8 nitrogen and oxygen atoms in total. The molecule has 1 aliphatic heterocycles. The highest BCUT2D eigenvalue weighted by Gasteiger charge is 2.45. The van der Waals surface area contributed by atoms with E-state index in [1.807, 2.05) is 6.07 Å². The molecular weight excluding hydrogens is 505 g/mol. The third-order valence-corrected chi connectivity index (χ3v) is 9.60. The van der Waals surface area contributed by atoms with Crippen LogP contribution >= 0.6 is 0 Å². The number of anilines is 2. The molecule has 5 rings (SSSR count). The summed E-state index contributed by atoms with van der Waals surface area (Å²) < 4.78 is 67.4. The Balaban J connectivity index is 1.46. The highest BCUT2D eigenvalue weighted by Crippen LogP contribution is 2.50. The van der Waals surface area contributed by atoms with Gasteiger partial charge < -0.3 is 4.90 Å². The molecule has 0 atom stereocenters. The van der Waals surface area contributed by atoms with Gasteiger partial charge in [0.05, 0.1) is 11.2 Å². The maximum Gasteiger partial charge on any atom is 0.258 e. The van der Waals surface area contributed by atoms with Crippen molar-refractivity contribution in [2.24, 2.45) is 0 Å². The predicted octanol–water partition coefficient (Wildman–Crippen LogP) is 3.70. The molecule has 194 valence electrons. The monoisotopic (exact) mass is 535 g/mol. The van der Waals surface area contributed by atoms with Gasteiger partial charge in [0, 0.05) is 34.9 Å². The number of carbonyl (C=O) groups is 1. The van der Waals surface area contributed by atoms with E-state index in [4.69, 9.17) is 0 Å². The van der Waals surface area contributed by atoms with Gasteiger partial charge in [-0.2, -0.15) is 0 Å². The van der Waals surface area contributed by atoms with Gasteiger partial charge in [0.2, 0.25) is 20.0 Å². The predicted molar refractivity (Wildman–Crippen MR) is 136 cm³/mol. The Labute approximate surface area is 211 Å². The number of rotatable bonds is 6. The second-order valence-corrected chi connectivity index (χ2v) is 13.7. The lowest BCUT2D eigenvalue weighted by Crippen LogP contribution is -2.45. The van der Waals surface area contributed by atoms with Crippen molar-refractivity contribution in [1.29, 1.82) is 0 Å². The number of fused-ring (bicyclic) bond motifs is 2. The Morgan fingerprint density at radius 3 is 2.42 bits per heavy atom. The SMILES string of the molecule is CS(=O)(=O)Nc1ccc2c(c1)C1(CCCCC1)CN2C(=O)c1cccc(S(=O)(=O)NC2CC(F)C2)c1. The van der Waals surface area contributed by atoms with Gasteiger partial charge in [0.25, 0.3) is 5.91 Å².